The number of unbranched alkanes of at least 4 members (excludes halogenated alkanes) is 1. The zero-order chi connectivity index (χ0) is 26.1. The van der Waals surface area contributed by atoms with E-state index in [9.17, 15) is 14.3 Å². The number of nitrogens with zero attached hydrogens (tertiary/aromatic N) is 1. The highest BCUT2D eigenvalue weighted by atomic mass is 19.1. The molecule has 3 atom stereocenters. The SMILES string of the molecule is C=C(/C=C\C1=C(C)NCCC1)CCCCC(F)C1CCN(C(C(=O)O)c2cc(F)ccc2COC)C1. The summed E-state index contributed by atoms with van der Waals surface area (Å²) in [5.74, 6) is -1.77. The summed E-state index contributed by atoms with van der Waals surface area (Å²) in [6.45, 7) is 8.28. The van der Waals surface area contributed by atoms with E-state index >= 15 is 4.39 Å². The maximum absolute atomic E-state index is 15.1. The third kappa shape index (κ3) is 7.74. The van der Waals surface area contributed by atoms with Crippen molar-refractivity contribution in [2.45, 2.75) is 70.7 Å². The minimum atomic E-state index is -1.06. The smallest absolute Gasteiger partial charge is 0.325 e. The number of benzene rings is 1. The Balaban J connectivity index is 1.48. The van der Waals surface area contributed by atoms with Gasteiger partial charge in [0, 0.05) is 31.8 Å². The van der Waals surface area contributed by atoms with Crippen LogP contribution in [0.25, 0.3) is 0 Å². The van der Waals surface area contributed by atoms with E-state index in [4.69, 9.17) is 4.74 Å². The standard InChI is InChI=1S/C29H40F2N2O3/c1-20(10-11-22-8-6-15-32-21(22)2)7-4-5-9-27(31)23-14-16-33(18-23)28(29(34)35)26-17-25(30)13-12-24(26)19-36-3/h10-13,17,23,27-28,32H,1,4-9,14-16,18-19H2,2-3H3,(H,34,35)/b11-10-. The highest BCUT2D eigenvalue weighted by molar-refractivity contribution is 5.76. The molecule has 198 valence electrons. The van der Waals surface area contributed by atoms with Crippen molar-refractivity contribution in [1.82, 2.24) is 10.2 Å². The number of likely N-dealkylation sites (tertiary alicyclic amines) is 1. The Kier molecular flexibility index (Phi) is 10.7. The molecule has 5 nitrogen and oxygen atoms in total. The van der Waals surface area contributed by atoms with Crippen LogP contribution in [0.3, 0.4) is 0 Å². The summed E-state index contributed by atoms with van der Waals surface area (Å²) in [4.78, 5) is 13.9. The molecule has 3 unspecified atom stereocenters. The van der Waals surface area contributed by atoms with Gasteiger partial charge in [0.05, 0.1) is 6.61 Å². The highest BCUT2D eigenvalue weighted by Crippen LogP contribution is 2.34. The van der Waals surface area contributed by atoms with E-state index in [2.05, 4.69) is 31.0 Å². The van der Waals surface area contributed by atoms with E-state index in [0.717, 1.165) is 44.2 Å². The van der Waals surface area contributed by atoms with Crippen molar-refractivity contribution < 1.29 is 23.4 Å². The van der Waals surface area contributed by atoms with Crippen LogP contribution in [0.1, 0.15) is 69.0 Å². The summed E-state index contributed by atoms with van der Waals surface area (Å²) in [7, 11) is 1.51. The van der Waals surface area contributed by atoms with Crippen LogP contribution in [0, 0.1) is 11.7 Å². The number of alkyl halides is 1. The molecule has 2 heterocycles. The molecule has 3 rings (SSSR count). The van der Waals surface area contributed by atoms with E-state index in [1.807, 2.05) is 0 Å². The lowest BCUT2D eigenvalue weighted by molar-refractivity contribution is -0.143. The molecule has 1 aromatic rings. The first-order chi connectivity index (χ1) is 17.3. The Labute approximate surface area is 213 Å². The second kappa shape index (κ2) is 13.7. The van der Waals surface area contributed by atoms with Crippen LogP contribution in [-0.2, 0) is 16.1 Å². The molecule has 0 amide bonds. The second-order valence-corrected chi connectivity index (χ2v) is 9.99. The summed E-state index contributed by atoms with van der Waals surface area (Å²) in [5, 5.41) is 13.3. The van der Waals surface area contributed by atoms with Crippen molar-refractivity contribution in [2.75, 3.05) is 26.7 Å². The number of allylic oxidation sites excluding steroid dienone is 5. The lowest BCUT2D eigenvalue weighted by atomic mass is 9.96. The second-order valence-electron chi connectivity index (χ2n) is 9.99. The van der Waals surface area contributed by atoms with Crippen molar-refractivity contribution in [3.05, 3.63) is 70.7 Å². The number of carbonyl (C=O) groups is 1. The molecule has 1 aromatic carbocycles. The third-order valence-corrected chi connectivity index (χ3v) is 7.31. The number of aliphatic carboxylic acids is 1. The lowest BCUT2D eigenvalue weighted by Crippen LogP contribution is -2.34. The number of hydrogen-bond acceptors (Lipinski definition) is 4. The van der Waals surface area contributed by atoms with Gasteiger partial charge in [-0.25, -0.2) is 8.78 Å². The van der Waals surface area contributed by atoms with E-state index < -0.39 is 24.0 Å². The van der Waals surface area contributed by atoms with Gasteiger partial charge in [0.1, 0.15) is 18.0 Å². The van der Waals surface area contributed by atoms with Gasteiger partial charge in [-0.3, -0.25) is 9.69 Å². The average Bonchev–Trinajstić information content (AvgIpc) is 3.32. The fraction of sp³-hybridized carbons (Fsp3) is 0.552. The number of nitrogens with one attached hydrogen (secondary N) is 1. The molecule has 1 fully saturated rings. The number of hydrogen-bond donors (Lipinski definition) is 2. The van der Waals surface area contributed by atoms with Crippen molar-refractivity contribution in [1.29, 1.82) is 0 Å². The minimum Gasteiger partial charge on any atom is -0.480 e. The molecule has 7 heteroatoms. The molecular weight excluding hydrogens is 462 g/mol. The molecule has 2 aliphatic heterocycles. The van der Waals surface area contributed by atoms with Gasteiger partial charge in [-0.1, -0.05) is 36.8 Å². The summed E-state index contributed by atoms with van der Waals surface area (Å²) in [5.41, 5.74) is 4.61. The van der Waals surface area contributed by atoms with Crippen LogP contribution in [0.4, 0.5) is 8.78 Å². The van der Waals surface area contributed by atoms with Crippen molar-refractivity contribution >= 4 is 5.97 Å². The number of carboxylic acid groups (broad SMARTS) is 1. The molecule has 0 spiro atoms. The highest BCUT2D eigenvalue weighted by Gasteiger charge is 2.37. The molecule has 1 saturated heterocycles. The average molecular weight is 503 g/mol. The maximum Gasteiger partial charge on any atom is 0.325 e. The van der Waals surface area contributed by atoms with Crippen molar-refractivity contribution in [2.24, 2.45) is 5.92 Å². The third-order valence-electron chi connectivity index (χ3n) is 7.31. The van der Waals surface area contributed by atoms with Crippen LogP contribution in [0.5, 0.6) is 0 Å². The predicted molar refractivity (Wildman–Crippen MR) is 139 cm³/mol. The predicted octanol–water partition coefficient (Wildman–Crippen LogP) is 6.09. The summed E-state index contributed by atoms with van der Waals surface area (Å²) >= 11 is 0. The number of halogens is 2. The van der Waals surface area contributed by atoms with Crippen LogP contribution in [0.2, 0.25) is 0 Å². The fourth-order valence-corrected chi connectivity index (χ4v) is 5.23. The van der Waals surface area contributed by atoms with Crippen LogP contribution < -0.4 is 5.32 Å². The van der Waals surface area contributed by atoms with Gasteiger partial charge in [0.25, 0.3) is 0 Å². The number of methoxy groups -OCH3 is 1. The number of ether oxygens (including phenoxy) is 1. The van der Waals surface area contributed by atoms with Gasteiger partial charge in [0.15, 0.2) is 0 Å². The van der Waals surface area contributed by atoms with E-state index in [0.29, 0.717) is 37.1 Å². The van der Waals surface area contributed by atoms with Gasteiger partial charge in [-0.2, -0.15) is 0 Å². The topological polar surface area (TPSA) is 61.8 Å². The Morgan fingerprint density at radius 3 is 2.92 bits per heavy atom. The normalized spacial score (nSPS) is 20.5. The van der Waals surface area contributed by atoms with Gasteiger partial charge in [-0.15, -0.1) is 0 Å². The molecule has 0 radical (unpaired) electrons. The Hall–Kier alpha value is -2.51. The molecule has 2 N–H and O–H groups in total. The van der Waals surface area contributed by atoms with Crippen molar-refractivity contribution in [3.8, 4) is 0 Å². The molecule has 0 aromatic heterocycles. The first-order valence-corrected chi connectivity index (χ1v) is 13.0. The van der Waals surface area contributed by atoms with Crippen LogP contribution in [0.15, 0.2) is 53.8 Å². The maximum atomic E-state index is 15.1. The monoisotopic (exact) mass is 502 g/mol. The van der Waals surface area contributed by atoms with E-state index in [-0.39, 0.29) is 12.5 Å². The molecule has 36 heavy (non-hydrogen) atoms. The first kappa shape index (κ1) is 28.1. The minimum absolute atomic E-state index is 0.191. The molecule has 2 aliphatic rings. The zero-order valence-corrected chi connectivity index (χ0v) is 21.6. The van der Waals surface area contributed by atoms with E-state index in [1.165, 1.54) is 30.5 Å². The molecular formula is C29H40F2N2O3. The van der Waals surface area contributed by atoms with Gasteiger partial charge < -0.3 is 15.2 Å². The lowest BCUT2D eigenvalue weighted by Gasteiger charge is -2.27. The summed E-state index contributed by atoms with van der Waals surface area (Å²) in [6.07, 6.45) is 8.98. The van der Waals surface area contributed by atoms with Crippen LogP contribution >= 0.6 is 0 Å². The molecule has 0 saturated carbocycles. The molecule has 0 bridgehead atoms. The van der Waals surface area contributed by atoms with Gasteiger partial charge in [0.2, 0.25) is 0 Å². The zero-order valence-electron chi connectivity index (χ0n) is 21.6. The van der Waals surface area contributed by atoms with Crippen LogP contribution in [-0.4, -0.2) is 48.9 Å². The van der Waals surface area contributed by atoms with E-state index in [1.54, 1.807) is 11.0 Å². The van der Waals surface area contributed by atoms with Gasteiger partial charge >= 0.3 is 5.97 Å². The van der Waals surface area contributed by atoms with Gasteiger partial charge in [-0.05, 0) is 80.8 Å². The Morgan fingerprint density at radius 2 is 2.19 bits per heavy atom. The summed E-state index contributed by atoms with van der Waals surface area (Å²) in [6, 6.07) is 3.10. The number of carboxylic acids is 1. The Morgan fingerprint density at radius 1 is 1.39 bits per heavy atom. The fourth-order valence-electron chi connectivity index (χ4n) is 5.23. The summed E-state index contributed by atoms with van der Waals surface area (Å²) < 4.78 is 34.2. The quantitative estimate of drug-likeness (QED) is 0.253. The first-order valence-electron chi connectivity index (χ1n) is 13.0. The largest absolute Gasteiger partial charge is 0.480 e. The molecule has 0 aliphatic carbocycles. The Bertz CT molecular complexity index is 975. The number of rotatable bonds is 13. The van der Waals surface area contributed by atoms with Crippen molar-refractivity contribution in [3.63, 3.8) is 0 Å².